The fraction of sp³-hybridized carbons (Fsp3) is 0. The van der Waals surface area contributed by atoms with Crippen molar-refractivity contribution in [3.63, 3.8) is 0 Å². The Kier molecular flexibility index (Phi) is 7.54. The van der Waals surface area contributed by atoms with Crippen molar-refractivity contribution in [2.45, 2.75) is 0 Å². The van der Waals surface area contributed by atoms with Crippen molar-refractivity contribution in [1.82, 2.24) is 19.5 Å². The Bertz CT molecular complexity index is 3760. The molecular formula is C57H34N4O. The minimum absolute atomic E-state index is 0.598. The average molecular weight is 791 g/mol. The first kappa shape index (κ1) is 34.5. The molecule has 3 heterocycles. The Labute approximate surface area is 355 Å². The Morgan fingerprint density at radius 3 is 1.47 bits per heavy atom. The Hall–Kier alpha value is -8.41. The summed E-state index contributed by atoms with van der Waals surface area (Å²) < 4.78 is 9.21. The van der Waals surface area contributed by atoms with Crippen molar-refractivity contribution < 1.29 is 4.42 Å². The van der Waals surface area contributed by atoms with Crippen molar-refractivity contribution in [3.05, 3.63) is 206 Å². The van der Waals surface area contributed by atoms with Gasteiger partial charge in [0.05, 0.1) is 11.0 Å². The minimum Gasteiger partial charge on any atom is -0.456 e. The summed E-state index contributed by atoms with van der Waals surface area (Å²) in [6.07, 6.45) is 0. The summed E-state index contributed by atoms with van der Waals surface area (Å²) in [6.45, 7) is 0. The molecule has 288 valence electrons. The van der Waals surface area contributed by atoms with Gasteiger partial charge >= 0.3 is 0 Å². The number of nitrogens with zero attached hydrogens (tertiary/aromatic N) is 4. The highest BCUT2D eigenvalue weighted by Gasteiger charge is 2.22. The number of fused-ring (bicyclic) bond motifs is 12. The molecule has 0 amide bonds. The third-order valence-electron chi connectivity index (χ3n) is 12.4. The third-order valence-corrected chi connectivity index (χ3v) is 12.4. The molecule has 0 aliphatic rings. The molecular weight excluding hydrogens is 757 g/mol. The summed E-state index contributed by atoms with van der Waals surface area (Å²) >= 11 is 0. The number of furan rings is 1. The van der Waals surface area contributed by atoms with Crippen molar-refractivity contribution in [2.75, 3.05) is 0 Å². The first-order valence-corrected chi connectivity index (χ1v) is 20.9. The van der Waals surface area contributed by atoms with Crippen LogP contribution >= 0.6 is 0 Å². The van der Waals surface area contributed by atoms with Crippen molar-refractivity contribution >= 4 is 76.1 Å². The van der Waals surface area contributed by atoms with Crippen LogP contribution in [0.3, 0.4) is 0 Å². The summed E-state index contributed by atoms with van der Waals surface area (Å²) in [5.74, 6) is 1.84. The second-order valence-electron chi connectivity index (χ2n) is 15.9. The van der Waals surface area contributed by atoms with Crippen LogP contribution in [0.5, 0.6) is 0 Å². The maximum Gasteiger partial charge on any atom is 0.164 e. The van der Waals surface area contributed by atoms with Crippen molar-refractivity contribution in [1.29, 1.82) is 0 Å². The van der Waals surface area contributed by atoms with E-state index in [9.17, 15) is 0 Å². The van der Waals surface area contributed by atoms with Gasteiger partial charge in [0, 0.05) is 43.9 Å². The number of benzene rings is 10. The van der Waals surface area contributed by atoms with E-state index in [1.54, 1.807) is 0 Å². The van der Waals surface area contributed by atoms with E-state index in [1.807, 2.05) is 72.8 Å². The van der Waals surface area contributed by atoms with E-state index >= 15 is 0 Å². The molecule has 0 bridgehead atoms. The Balaban J connectivity index is 0.991. The lowest BCUT2D eigenvalue weighted by Crippen LogP contribution is -2.00. The van der Waals surface area contributed by atoms with Crippen LogP contribution in [-0.4, -0.2) is 19.5 Å². The molecule has 0 fully saturated rings. The third kappa shape index (κ3) is 5.25. The molecule has 0 saturated heterocycles. The molecule has 13 aromatic rings. The van der Waals surface area contributed by atoms with E-state index < -0.39 is 0 Å². The quantitative estimate of drug-likeness (QED) is 0.174. The Morgan fingerprint density at radius 1 is 0.323 bits per heavy atom. The molecule has 0 unspecified atom stereocenters. The fourth-order valence-electron chi connectivity index (χ4n) is 9.65. The molecule has 0 atom stereocenters. The molecule has 0 radical (unpaired) electrons. The molecule has 0 N–H and O–H groups in total. The molecule has 5 nitrogen and oxygen atoms in total. The second-order valence-corrected chi connectivity index (χ2v) is 15.9. The minimum atomic E-state index is 0.598. The number of hydrogen-bond donors (Lipinski definition) is 0. The van der Waals surface area contributed by atoms with Crippen LogP contribution in [0.25, 0.3) is 127 Å². The van der Waals surface area contributed by atoms with Gasteiger partial charge in [-0.3, -0.25) is 0 Å². The van der Waals surface area contributed by atoms with Gasteiger partial charge in [-0.2, -0.15) is 0 Å². The van der Waals surface area contributed by atoms with E-state index in [4.69, 9.17) is 19.4 Å². The lowest BCUT2D eigenvalue weighted by molar-refractivity contribution is 0.669. The summed E-state index contributed by atoms with van der Waals surface area (Å²) in [7, 11) is 0. The lowest BCUT2D eigenvalue weighted by atomic mass is 9.93. The molecule has 62 heavy (non-hydrogen) atoms. The van der Waals surface area contributed by atoms with Gasteiger partial charge in [-0.05, 0) is 79.8 Å². The van der Waals surface area contributed by atoms with Gasteiger partial charge in [0.25, 0.3) is 0 Å². The normalized spacial score (nSPS) is 11.9. The van der Waals surface area contributed by atoms with Gasteiger partial charge in [-0.15, -0.1) is 0 Å². The maximum absolute atomic E-state index is 6.79. The molecule has 0 aliphatic heterocycles. The van der Waals surface area contributed by atoms with Crippen LogP contribution < -0.4 is 0 Å². The molecule has 13 rings (SSSR count). The first-order chi connectivity index (χ1) is 30.7. The van der Waals surface area contributed by atoms with Crippen LogP contribution in [0.1, 0.15) is 0 Å². The van der Waals surface area contributed by atoms with Crippen LogP contribution in [0, 0.1) is 0 Å². The highest BCUT2D eigenvalue weighted by molar-refractivity contribution is 6.29. The smallest absolute Gasteiger partial charge is 0.164 e. The number of hydrogen-bond acceptors (Lipinski definition) is 4. The van der Waals surface area contributed by atoms with Crippen LogP contribution in [0.15, 0.2) is 211 Å². The van der Waals surface area contributed by atoms with Crippen LogP contribution in [-0.2, 0) is 0 Å². The topological polar surface area (TPSA) is 56.7 Å². The predicted octanol–water partition coefficient (Wildman–Crippen LogP) is 15.0. The van der Waals surface area contributed by atoms with Gasteiger partial charge in [-0.1, -0.05) is 170 Å². The highest BCUT2D eigenvalue weighted by atomic mass is 16.3. The van der Waals surface area contributed by atoms with E-state index in [0.29, 0.717) is 17.5 Å². The molecule has 10 aromatic carbocycles. The zero-order chi connectivity index (χ0) is 40.7. The zero-order valence-corrected chi connectivity index (χ0v) is 33.3. The number of rotatable bonds is 5. The van der Waals surface area contributed by atoms with Crippen LogP contribution in [0.4, 0.5) is 0 Å². The summed E-state index contributed by atoms with van der Waals surface area (Å²) in [5.41, 5.74) is 10.1. The molecule has 5 heteroatoms. The fourth-order valence-corrected chi connectivity index (χ4v) is 9.65. The number of aromatic nitrogens is 4. The highest BCUT2D eigenvalue weighted by Crippen LogP contribution is 2.45. The van der Waals surface area contributed by atoms with Crippen LogP contribution in [0.2, 0.25) is 0 Å². The van der Waals surface area contributed by atoms with E-state index in [2.05, 4.69) is 138 Å². The van der Waals surface area contributed by atoms with Gasteiger partial charge in [0.1, 0.15) is 11.2 Å². The Morgan fingerprint density at radius 2 is 0.855 bits per heavy atom. The van der Waals surface area contributed by atoms with E-state index in [-0.39, 0.29) is 0 Å². The van der Waals surface area contributed by atoms with E-state index in [0.717, 1.165) is 66.2 Å². The van der Waals surface area contributed by atoms with Crippen molar-refractivity contribution in [3.8, 4) is 51.0 Å². The standard InChI is InChI=1S/C57H34N4O/c1-3-16-38(17-4-1)55-58-56(39-18-5-2-6-19-39)60-57(59-55)45-24-13-25-49-54(45)53-44-23-12-11-22-43(44)46(34-50(53)62-49)37-26-30-40(31-27-37)61-47-32-28-35-14-7-9-20-41(35)51(47)52-42-21-10-8-15-36(42)29-33-48(52)61/h1-34H. The SMILES string of the molecule is c1ccc(-c2nc(-c3ccccc3)nc(-c3cccc4oc5cc(-c6ccc(-n7c8ccc9ccccc9c8c8c9ccccc9ccc87)cc6)c6ccccc6c5c34)n2)cc1. The largest absolute Gasteiger partial charge is 0.456 e. The van der Waals surface area contributed by atoms with Gasteiger partial charge in [0.15, 0.2) is 17.5 Å². The monoisotopic (exact) mass is 790 g/mol. The lowest BCUT2D eigenvalue weighted by Gasteiger charge is -2.12. The zero-order valence-electron chi connectivity index (χ0n) is 33.3. The van der Waals surface area contributed by atoms with Crippen molar-refractivity contribution in [2.24, 2.45) is 0 Å². The molecule has 3 aromatic heterocycles. The molecule has 0 saturated carbocycles. The van der Waals surface area contributed by atoms with Gasteiger partial charge in [0.2, 0.25) is 0 Å². The maximum atomic E-state index is 6.79. The molecule has 0 aliphatic carbocycles. The van der Waals surface area contributed by atoms with E-state index in [1.165, 1.54) is 43.4 Å². The second kappa shape index (κ2) is 13.6. The first-order valence-electron chi connectivity index (χ1n) is 20.9. The van der Waals surface area contributed by atoms with Gasteiger partial charge in [-0.25, -0.2) is 15.0 Å². The summed E-state index contributed by atoms with van der Waals surface area (Å²) in [4.78, 5) is 15.2. The molecule has 0 spiro atoms. The summed E-state index contributed by atoms with van der Waals surface area (Å²) in [5, 5.41) is 11.8. The predicted molar refractivity (Wildman–Crippen MR) is 256 cm³/mol. The summed E-state index contributed by atoms with van der Waals surface area (Å²) in [6, 6.07) is 72.7. The average Bonchev–Trinajstić information content (AvgIpc) is 3.91. The van der Waals surface area contributed by atoms with Gasteiger partial charge < -0.3 is 8.98 Å².